The Balaban J connectivity index is 1.34. The van der Waals surface area contributed by atoms with Crippen molar-refractivity contribution >= 4 is 22.8 Å². The first-order chi connectivity index (χ1) is 19.1. The van der Waals surface area contributed by atoms with Gasteiger partial charge in [0.15, 0.2) is 5.69 Å². The van der Waals surface area contributed by atoms with Crippen LogP contribution in [0.15, 0.2) is 60.9 Å². The number of benzene rings is 2. The Labute approximate surface area is 230 Å². The number of carbonyl (C=O) groups excluding carboxylic acids is 1. The third-order valence-electron chi connectivity index (χ3n) is 7.13. The number of alkyl halides is 3. The number of carbonyl (C=O) groups is 1. The van der Waals surface area contributed by atoms with Crippen LogP contribution in [0, 0.1) is 18.9 Å². The quantitative estimate of drug-likeness (QED) is 0.357. The molecule has 1 fully saturated rings. The maximum Gasteiger partial charge on any atom is 0.433 e. The largest absolute Gasteiger partial charge is 0.433 e. The van der Waals surface area contributed by atoms with Crippen LogP contribution in [0.3, 0.4) is 0 Å². The Morgan fingerprint density at radius 3 is 2.70 bits per heavy atom. The van der Waals surface area contributed by atoms with Crippen LogP contribution in [0.1, 0.15) is 39.2 Å². The number of halogens is 3. The molecule has 1 saturated heterocycles. The number of amides is 1. The number of aryl methyl sites for hydroxylation is 1. The molecule has 5 rings (SSSR count). The molecule has 10 heteroatoms. The molecular weight excluding hydrogens is 517 g/mol. The molecule has 4 aromatic rings. The number of nitrogens with one attached hydrogen (secondary N) is 1. The molecular formula is C30H29F3N6O. The van der Waals surface area contributed by atoms with Gasteiger partial charge in [-0.15, -0.1) is 0 Å². The van der Waals surface area contributed by atoms with E-state index in [0.29, 0.717) is 24.7 Å². The first kappa shape index (κ1) is 27.4. The molecule has 206 valence electrons. The van der Waals surface area contributed by atoms with Gasteiger partial charge in [0.2, 0.25) is 0 Å². The molecule has 0 bridgehead atoms. The van der Waals surface area contributed by atoms with Gasteiger partial charge in [-0.1, -0.05) is 24.3 Å². The van der Waals surface area contributed by atoms with Gasteiger partial charge in [0.05, 0.1) is 11.0 Å². The predicted octanol–water partition coefficient (Wildman–Crippen LogP) is 5.00. The zero-order valence-corrected chi connectivity index (χ0v) is 22.5. The van der Waals surface area contributed by atoms with Crippen LogP contribution in [0.5, 0.6) is 0 Å². The molecule has 1 amide bonds. The van der Waals surface area contributed by atoms with Crippen LogP contribution >= 0.6 is 0 Å². The van der Waals surface area contributed by atoms with E-state index in [1.54, 1.807) is 29.1 Å². The monoisotopic (exact) mass is 546 g/mol. The third-order valence-corrected chi connectivity index (χ3v) is 7.13. The van der Waals surface area contributed by atoms with E-state index in [2.05, 4.69) is 32.1 Å². The number of nitrogens with zero attached hydrogens (tertiary/aromatic N) is 5. The van der Waals surface area contributed by atoms with Crippen LogP contribution in [-0.2, 0) is 12.7 Å². The number of para-hydroxylation sites is 2. The van der Waals surface area contributed by atoms with E-state index in [0.717, 1.165) is 23.0 Å². The molecule has 7 nitrogen and oxygen atoms in total. The summed E-state index contributed by atoms with van der Waals surface area (Å²) in [7, 11) is 3.94. The minimum Gasteiger partial charge on any atom is -0.307 e. The summed E-state index contributed by atoms with van der Waals surface area (Å²) in [6.45, 7) is 3.42. The highest BCUT2D eigenvalue weighted by Gasteiger charge is 2.37. The van der Waals surface area contributed by atoms with Crippen molar-refractivity contribution in [2.75, 3.05) is 32.5 Å². The molecule has 3 heterocycles. The normalized spacial score (nSPS) is 15.8. The van der Waals surface area contributed by atoms with E-state index >= 15 is 0 Å². The average Bonchev–Trinajstić information content (AvgIpc) is 3.56. The lowest BCUT2D eigenvalue weighted by Gasteiger charge is -2.22. The highest BCUT2D eigenvalue weighted by molar-refractivity contribution is 6.04. The predicted molar refractivity (Wildman–Crippen MR) is 148 cm³/mol. The van der Waals surface area contributed by atoms with E-state index in [1.165, 1.54) is 12.1 Å². The second-order valence-electron chi connectivity index (χ2n) is 10.2. The Morgan fingerprint density at radius 1 is 1.15 bits per heavy atom. The standard InChI is InChI=1S/C30H29F3N6O/c1-20-8-9-22(16-21(20)12-15-39-19-34-25-6-4-5-7-26(25)39)29(40)36-27-11-10-23(28(35-27)30(31,32)33)17-38-14-13-24(18-38)37(2)3/h4-11,16,19,24H,13-14,17-18H2,1-3H3,(H,35,36,40)/t24-/m1/s1. The highest BCUT2D eigenvalue weighted by Crippen LogP contribution is 2.33. The number of hydrogen-bond donors (Lipinski definition) is 1. The highest BCUT2D eigenvalue weighted by atomic mass is 19.4. The molecule has 0 unspecified atom stereocenters. The summed E-state index contributed by atoms with van der Waals surface area (Å²) in [6, 6.07) is 18.7. The van der Waals surface area contributed by atoms with Gasteiger partial charge in [-0.3, -0.25) is 14.3 Å². The molecule has 1 aliphatic rings. The summed E-state index contributed by atoms with van der Waals surface area (Å²) >= 11 is 0. The number of likely N-dealkylation sites (N-methyl/N-ethyl adjacent to an activating group) is 1. The van der Waals surface area contributed by atoms with E-state index in [1.807, 2.05) is 50.2 Å². The molecule has 0 saturated carbocycles. The molecule has 2 aromatic heterocycles. The lowest BCUT2D eigenvalue weighted by molar-refractivity contribution is -0.142. The number of aromatic nitrogens is 3. The Kier molecular flexibility index (Phi) is 7.61. The van der Waals surface area contributed by atoms with Crippen molar-refractivity contribution in [1.29, 1.82) is 0 Å². The fraction of sp³-hybridized carbons (Fsp3) is 0.300. The lowest BCUT2D eigenvalue weighted by atomic mass is 10.0. The van der Waals surface area contributed by atoms with Crippen molar-refractivity contribution in [1.82, 2.24) is 24.3 Å². The lowest BCUT2D eigenvalue weighted by Crippen LogP contribution is -2.31. The van der Waals surface area contributed by atoms with E-state index in [4.69, 9.17) is 0 Å². The summed E-state index contributed by atoms with van der Waals surface area (Å²) in [5, 5.41) is 2.52. The van der Waals surface area contributed by atoms with Crippen molar-refractivity contribution in [3.05, 3.63) is 88.9 Å². The second-order valence-corrected chi connectivity index (χ2v) is 10.2. The molecule has 1 aliphatic heterocycles. The smallest absolute Gasteiger partial charge is 0.307 e. The van der Waals surface area contributed by atoms with Gasteiger partial charge in [0.25, 0.3) is 5.91 Å². The number of imidazole rings is 1. The Hall–Kier alpha value is -4.20. The zero-order valence-electron chi connectivity index (χ0n) is 22.5. The van der Waals surface area contributed by atoms with Gasteiger partial charge in [0, 0.05) is 42.8 Å². The number of rotatable bonds is 5. The topological polar surface area (TPSA) is 66.3 Å². The average molecular weight is 547 g/mol. The Bertz CT molecular complexity index is 1620. The minimum absolute atomic E-state index is 0.0878. The fourth-order valence-electron chi connectivity index (χ4n) is 4.80. The summed E-state index contributed by atoms with van der Waals surface area (Å²) < 4.78 is 43.5. The van der Waals surface area contributed by atoms with Gasteiger partial charge in [-0.25, -0.2) is 9.97 Å². The van der Waals surface area contributed by atoms with Crippen LogP contribution in [-0.4, -0.2) is 63.5 Å². The summed E-state index contributed by atoms with van der Waals surface area (Å²) in [5.41, 5.74) is 2.51. The number of likely N-dealkylation sites (tertiary alicyclic amines) is 1. The summed E-state index contributed by atoms with van der Waals surface area (Å²) in [5.74, 6) is 2.34. The van der Waals surface area contributed by atoms with Gasteiger partial charge in [0.1, 0.15) is 12.1 Å². The zero-order chi connectivity index (χ0) is 28.4. The maximum absolute atomic E-state index is 13.9. The van der Waals surface area contributed by atoms with Crippen LogP contribution in [0.4, 0.5) is 19.0 Å². The fourth-order valence-corrected chi connectivity index (χ4v) is 4.80. The van der Waals surface area contributed by atoms with Crippen molar-refractivity contribution in [2.45, 2.75) is 32.1 Å². The number of pyridine rings is 1. The third kappa shape index (κ3) is 6.01. The number of hydrogen-bond acceptors (Lipinski definition) is 5. The summed E-state index contributed by atoms with van der Waals surface area (Å²) in [6.07, 6.45) is -2.12. The van der Waals surface area contributed by atoms with E-state index in [-0.39, 0.29) is 23.5 Å². The van der Waals surface area contributed by atoms with Crippen molar-refractivity contribution in [2.24, 2.45) is 0 Å². The molecule has 0 radical (unpaired) electrons. The Morgan fingerprint density at radius 2 is 1.95 bits per heavy atom. The summed E-state index contributed by atoms with van der Waals surface area (Å²) in [4.78, 5) is 25.2. The SMILES string of the molecule is Cc1ccc(C(=O)Nc2ccc(CN3CC[C@@H](N(C)C)C3)c(C(F)(F)F)n2)cc1C#Cn1cnc2ccccc21. The first-order valence-corrected chi connectivity index (χ1v) is 12.9. The van der Waals surface area contributed by atoms with Gasteiger partial charge in [-0.05, 0) is 74.8 Å². The molecule has 0 spiro atoms. The minimum atomic E-state index is -4.65. The molecule has 1 atom stereocenters. The number of fused-ring (bicyclic) bond motifs is 1. The van der Waals surface area contributed by atoms with Gasteiger partial charge >= 0.3 is 6.18 Å². The number of anilines is 1. The van der Waals surface area contributed by atoms with Crippen LogP contribution < -0.4 is 5.32 Å². The van der Waals surface area contributed by atoms with Crippen molar-refractivity contribution in [3.8, 4) is 12.0 Å². The maximum atomic E-state index is 13.9. The van der Waals surface area contributed by atoms with E-state index in [9.17, 15) is 18.0 Å². The van der Waals surface area contributed by atoms with Crippen LogP contribution in [0.2, 0.25) is 0 Å². The first-order valence-electron chi connectivity index (χ1n) is 12.9. The van der Waals surface area contributed by atoms with Crippen molar-refractivity contribution < 1.29 is 18.0 Å². The van der Waals surface area contributed by atoms with Gasteiger partial charge in [-0.2, -0.15) is 13.2 Å². The second kappa shape index (κ2) is 11.1. The van der Waals surface area contributed by atoms with Crippen molar-refractivity contribution in [3.63, 3.8) is 0 Å². The molecule has 2 aromatic carbocycles. The van der Waals surface area contributed by atoms with Gasteiger partial charge < -0.3 is 10.2 Å². The molecule has 40 heavy (non-hydrogen) atoms. The van der Waals surface area contributed by atoms with E-state index < -0.39 is 17.8 Å². The molecule has 0 aliphatic carbocycles. The van der Waals surface area contributed by atoms with Crippen LogP contribution in [0.25, 0.3) is 11.0 Å². The molecule has 1 N–H and O–H groups in total.